The molecule has 0 saturated heterocycles. The lowest BCUT2D eigenvalue weighted by Crippen LogP contribution is -1.89. The number of methoxy groups -OCH3 is 2. The highest BCUT2D eigenvalue weighted by Crippen LogP contribution is 2.29. The molecule has 0 bridgehead atoms. The number of hydrogen-bond donors (Lipinski definition) is 0. The summed E-state index contributed by atoms with van der Waals surface area (Å²) in [5.74, 6) is 1.46. The van der Waals surface area contributed by atoms with E-state index >= 15 is 0 Å². The smallest absolute Gasteiger partial charge is 0.133 e. The van der Waals surface area contributed by atoms with Gasteiger partial charge in [0.05, 0.1) is 19.7 Å². The van der Waals surface area contributed by atoms with E-state index in [0.29, 0.717) is 10.9 Å². The van der Waals surface area contributed by atoms with E-state index in [2.05, 4.69) is 4.98 Å². The highest BCUT2D eigenvalue weighted by Gasteiger charge is 2.05. The summed E-state index contributed by atoms with van der Waals surface area (Å²) in [4.78, 5) is 4.20. The normalized spacial score (nSPS) is 10.3. The van der Waals surface area contributed by atoms with Crippen molar-refractivity contribution in [3.63, 3.8) is 0 Å². The molecule has 78 valence electrons. The van der Waals surface area contributed by atoms with E-state index < -0.39 is 0 Å². The Balaban J connectivity index is 2.72. The number of nitrogens with zero attached hydrogens (tertiary/aromatic N) is 1. The number of hydrogen-bond acceptors (Lipinski definition) is 3. The lowest BCUT2D eigenvalue weighted by Gasteiger charge is -2.06. The van der Waals surface area contributed by atoms with Crippen LogP contribution >= 0.6 is 11.6 Å². The second-order valence-corrected chi connectivity index (χ2v) is 3.42. The van der Waals surface area contributed by atoms with Crippen LogP contribution in [0, 0.1) is 0 Å². The summed E-state index contributed by atoms with van der Waals surface area (Å²) in [7, 11) is 3.22. The van der Waals surface area contributed by atoms with Crippen LogP contribution in [0.15, 0.2) is 24.3 Å². The standard InChI is InChI=1S/C11H10ClNO2/c1-14-7-3-4-8-9(5-7)13-11(12)6-10(8)15-2/h3-6H,1-2H3. The molecular formula is C11H10ClNO2. The van der Waals surface area contributed by atoms with Gasteiger partial charge in [-0.1, -0.05) is 11.6 Å². The zero-order valence-electron chi connectivity index (χ0n) is 8.45. The summed E-state index contributed by atoms with van der Waals surface area (Å²) < 4.78 is 10.3. The summed E-state index contributed by atoms with van der Waals surface area (Å²) >= 11 is 5.87. The van der Waals surface area contributed by atoms with Gasteiger partial charge in [-0.25, -0.2) is 4.98 Å². The molecule has 0 aliphatic carbocycles. The molecule has 0 unspecified atom stereocenters. The molecular weight excluding hydrogens is 214 g/mol. The average molecular weight is 224 g/mol. The van der Waals surface area contributed by atoms with Crippen LogP contribution in [0.2, 0.25) is 5.15 Å². The molecule has 0 fully saturated rings. The van der Waals surface area contributed by atoms with Crippen molar-refractivity contribution in [2.45, 2.75) is 0 Å². The maximum Gasteiger partial charge on any atom is 0.133 e. The fourth-order valence-electron chi connectivity index (χ4n) is 1.44. The maximum absolute atomic E-state index is 5.87. The number of pyridine rings is 1. The Labute approximate surface area is 92.6 Å². The van der Waals surface area contributed by atoms with Crippen LogP contribution in [0.5, 0.6) is 11.5 Å². The van der Waals surface area contributed by atoms with Crippen LogP contribution in [0.4, 0.5) is 0 Å². The fourth-order valence-corrected chi connectivity index (χ4v) is 1.63. The van der Waals surface area contributed by atoms with E-state index in [1.807, 2.05) is 18.2 Å². The first-order valence-corrected chi connectivity index (χ1v) is 4.80. The molecule has 0 N–H and O–H groups in total. The van der Waals surface area contributed by atoms with Crippen molar-refractivity contribution in [2.75, 3.05) is 14.2 Å². The molecule has 0 radical (unpaired) electrons. The molecule has 0 spiro atoms. The number of fused-ring (bicyclic) bond motifs is 1. The molecule has 0 atom stereocenters. The second kappa shape index (κ2) is 3.95. The van der Waals surface area contributed by atoms with Crippen LogP contribution in [0.3, 0.4) is 0 Å². The predicted molar refractivity (Wildman–Crippen MR) is 59.9 cm³/mol. The second-order valence-electron chi connectivity index (χ2n) is 3.03. The van der Waals surface area contributed by atoms with Gasteiger partial charge in [0.1, 0.15) is 16.7 Å². The summed E-state index contributed by atoms with van der Waals surface area (Å²) in [5.41, 5.74) is 0.763. The third kappa shape index (κ3) is 1.83. The third-order valence-corrected chi connectivity index (χ3v) is 2.36. The summed E-state index contributed by atoms with van der Waals surface area (Å²) in [5, 5.41) is 1.33. The van der Waals surface area contributed by atoms with Crippen LogP contribution in [0.25, 0.3) is 10.9 Å². The van der Waals surface area contributed by atoms with Gasteiger partial charge in [-0.15, -0.1) is 0 Å². The predicted octanol–water partition coefficient (Wildman–Crippen LogP) is 2.91. The van der Waals surface area contributed by atoms with Crippen molar-refractivity contribution < 1.29 is 9.47 Å². The molecule has 1 aromatic carbocycles. The van der Waals surface area contributed by atoms with Gasteiger partial charge in [0.15, 0.2) is 0 Å². The Bertz CT molecular complexity index is 499. The topological polar surface area (TPSA) is 31.4 Å². The quantitative estimate of drug-likeness (QED) is 0.734. The lowest BCUT2D eigenvalue weighted by atomic mass is 10.2. The van der Waals surface area contributed by atoms with Gasteiger partial charge in [-0.3, -0.25) is 0 Å². The monoisotopic (exact) mass is 223 g/mol. The first kappa shape index (κ1) is 10.1. The van der Waals surface area contributed by atoms with Gasteiger partial charge in [-0.05, 0) is 12.1 Å². The first-order chi connectivity index (χ1) is 7.24. The number of halogens is 1. The summed E-state index contributed by atoms with van der Waals surface area (Å²) in [6.07, 6.45) is 0. The molecule has 1 aromatic heterocycles. The molecule has 3 nitrogen and oxygen atoms in total. The molecule has 1 heterocycles. The minimum Gasteiger partial charge on any atom is -0.497 e. The van der Waals surface area contributed by atoms with Crippen LogP contribution in [-0.2, 0) is 0 Å². The summed E-state index contributed by atoms with van der Waals surface area (Å²) in [6, 6.07) is 7.27. The number of rotatable bonds is 2. The van der Waals surface area contributed by atoms with E-state index in [4.69, 9.17) is 21.1 Å². The molecule has 4 heteroatoms. The Hall–Kier alpha value is -1.48. The molecule has 15 heavy (non-hydrogen) atoms. The Morgan fingerprint density at radius 3 is 2.60 bits per heavy atom. The SMILES string of the molecule is COc1ccc2c(OC)cc(Cl)nc2c1. The van der Waals surface area contributed by atoms with Crippen molar-refractivity contribution in [1.82, 2.24) is 4.98 Å². The maximum atomic E-state index is 5.87. The lowest BCUT2D eigenvalue weighted by molar-refractivity contribution is 0.414. The largest absolute Gasteiger partial charge is 0.497 e. The van der Waals surface area contributed by atoms with Crippen molar-refractivity contribution >= 4 is 22.5 Å². The van der Waals surface area contributed by atoms with E-state index in [1.54, 1.807) is 20.3 Å². The Morgan fingerprint density at radius 2 is 1.93 bits per heavy atom. The van der Waals surface area contributed by atoms with Crippen molar-refractivity contribution in [3.8, 4) is 11.5 Å². The van der Waals surface area contributed by atoms with Gasteiger partial charge in [0.2, 0.25) is 0 Å². The van der Waals surface area contributed by atoms with Crippen LogP contribution in [-0.4, -0.2) is 19.2 Å². The van der Waals surface area contributed by atoms with Gasteiger partial charge in [0, 0.05) is 17.5 Å². The number of ether oxygens (including phenoxy) is 2. The molecule has 0 amide bonds. The van der Waals surface area contributed by atoms with Crippen molar-refractivity contribution in [2.24, 2.45) is 0 Å². The zero-order chi connectivity index (χ0) is 10.8. The van der Waals surface area contributed by atoms with Crippen molar-refractivity contribution in [3.05, 3.63) is 29.4 Å². The molecule has 0 aliphatic rings. The van der Waals surface area contributed by atoms with Gasteiger partial charge in [0.25, 0.3) is 0 Å². The van der Waals surface area contributed by atoms with E-state index in [-0.39, 0.29) is 0 Å². The van der Waals surface area contributed by atoms with Gasteiger partial charge >= 0.3 is 0 Å². The van der Waals surface area contributed by atoms with Gasteiger partial charge in [-0.2, -0.15) is 0 Å². The minimum atomic E-state index is 0.410. The molecule has 0 saturated carbocycles. The van der Waals surface area contributed by atoms with Crippen molar-refractivity contribution in [1.29, 1.82) is 0 Å². The van der Waals surface area contributed by atoms with Crippen LogP contribution in [0.1, 0.15) is 0 Å². The zero-order valence-corrected chi connectivity index (χ0v) is 9.21. The number of aromatic nitrogens is 1. The van der Waals surface area contributed by atoms with Crippen LogP contribution < -0.4 is 9.47 Å². The Morgan fingerprint density at radius 1 is 1.13 bits per heavy atom. The summed E-state index contributed by atoms with van der Waals surface area (Å²) in [6.45, 7) is 0. The number of benzene rings is 1. The highest BCUT2D eigenvalue weighted by molar-refractivity contribution is 6.30. The molecule has 2 aromatic rings. The molecule has 0 aliphatic heterocycles. The van der Waals surface area contributed by atoms with E-state index in [1.165, 1.54) is 0 Å². The average Bonchev–Trinajstić information content (AvgIpc) is 2.26. The Kier molecular flexibility index (Phi) is 2.64. The first-order valence-electron chi connectivity index (χ1n) is 4.43. The minimum absolute atomic E-state index is 0.410. The third-order valence-electron chi connectivity index (χ3n) is 2.17. The highest BCUT2D eigenvalue weighted by atomic mass is 35.5. The van der Waals surface area contributed by atoms with E-state index in [9.17, 15) is 0 Å². The van der Waals surface area contributed by atoms with Gasteiger partial charge < -0.3 is 9.47 Å². The fraction of sp³-hybridized carbons (Fsp3) is 0.182. The van der Waals surface area contributed by atoms with E-state index in [0.717, 1.165) is 16.7 Å². The molecule has 2 rings (SSSR count).